The first-order valence-electron chi connectivity index (χ1n) is 5.64. The summed E-state index contributed by atoms with van der Waals surface area (Å²) in [5.41, 5.74) is 0.471. The minimum atomic E-state index is -3.94. The molecule has 5 heteroatoms. The van der Waals surface area contributed by atoms with Gasteiger partial charge in [-0.05, 0) is 26.0 Å². The summed E-state index contributed by atoms with van der Waals surface area (Å²) < 4.78 is 24.7. The molecule has 0 saturated heterocycles. The van der Waals surface area contributed by atoms with E-state index in [1.54, 1.807) is 18.2 Å². The number of allylic oxidation sites excluding steroid dienone is 4. The van der Waals surface area contributed by atoms with Gasteiger partial charge in [0.25, 0.3) is 0 Å². The number of hydrogen-bond donors (Lipinski definition) is 0. The van der Waals surface area contributed by atoms with Gasteiger partial charge in [0, 0.05) is 17.2 Å². The molecule has 0 aromatic heterocycles. The van der Waals surface area contributed by atoms with Crippen LogP contribution in [0, 0.1) is 0 Å². The van der Waals surface area contributed by atoms with Crippen LogP contribution in [0.2, 0.25) is 0 Å². The van der Waals surface area contributed by atoms with E-state index in [1.807, 2.05) is 0 Å². The molecule has 0 atom stereocenters. The van der Waals surface area contributed by atoms with Crippen molar-refractivity contribution in [2.45, 2.75) is 18.7 Å². The van der Waals surface area contributed by atoms with Crippen LogP contribution in [0.25, 0.3) is 0 Å². The van der Waals surface area contributed by atoms with Crippen molar-refractivity contribution < 1.29 is 18.0 Å². The third-order valence-electron chi connectivity index (χ3n) is 3.10. The molecule has 1 aromatic carbocycles. The maximum atomic E-state index is 12.3. The Labute approximate surface area is 111 Å². The fourth-order valence-electron chi connectivity index (χ4n) is 1.76. The quantitative estimate of drug-likeness (QED) is 0.773. The molecule has 0 amide bonds. The SMILES string of the molecule is CC1=C(C)C(=O)C(S(=O)(=O)c2ccccc2)=CC1=O. The number of rotatable bonds is 2. The summed E-state index contributed by atoms with van der Waals surface area (Å²) in [5, 5.41) is 0. The normalized spacial score (nSPS) is 16.6. The van der Waals surface area contributed by atoms with Crippen LogP contribution in [0.3, 0.4) is 0 Å². The summed E-state index contributed by atoms with van der Waals surface area (Å²) in [7, 11) is -3.94. The van der Waals surface area contributed by atoms with Crippen LogP contribution >= 0.6 is 0 Å². The molecule has 98 valence electrons. The van der Waals surface area contributed by atoms with E-state index in [0.717, 1.165) is 6.08 Å². The first-order valence-corrected chi connectivity index (χ1v) is 7.12. The maximum absolute atomic E-state index is 12.3. The highest BCUT2D eigenvalue weighted by Gasteiger charge is 2.32. The predicted octanol–water partition coefficient (Wildman–Crippen LogP) is 1.83. The Bertz CT molecular complexity index is 722. The molecule has 0 unspecified atom stereocenters. The molecule has 19 heavy (non-hydrogen) atoms. The molecular formula is C14H12O4S. The van der Waals surface area contributed by atoms with E-state index >= 15 is 0 Å². The van der Waals surface area contributed by atoms with Gasteiger partial charge in [-0.3, -0.25) is 9.59 Å². The van der Waals surface area contributed by atoms with Gasteiger partial charge in [0.05, 0.1) is 4.90 Å². The number of Topliss-reactive ketones (excluding diaryl/α,β-unsaturated/α-hetero) is 1. The Morgan fingerprint density at radius 2 is 1.47 bits per heavy atom. The average molecular weight is 276 g/mol. The topological polar surface area (TPSA) is 68.3 Å². The van der Waals surface area contributed by atoms with Crippen LogP contribution in [0.1, 0.15) is 13.8 Å². The number of sulfone groups is 1. The molecule has 0 heterocycles. The lowest BCUT2D eigenvalue weighted by Crippen LogP contribution is -2.22. The predicted molar refractivity (Wildman–Crippen MR) is 70.1 cm³/mol. The zero-order valence-corrected chi connectivity index (χ0v) is 11.3. The lowest BCUT2D eigenvalue weighted by Gasteiger charge is -2.14. The second-order valence-electron chi connectivity index (χ2n) is 4.27. The monoisotopic (exact) mass is 276 g/mol. The molecule has 0 radical (unpaired) electrons. The van der Waals surface area contributed by atoms with Crippen molar-refractivity contribution in [3.63, 3.8) is 0 Å². The molecule has 4 nitrogen and oxygen atoms in total. The lowest BCUT2D eigenvalue weighted by molar-refractivity contribution is -0.115. The van der Waals surface area contributed by atoms with Crippen molar-refractivity contribution in [3.8, 4) is 0 Å². The summed E-state index contributed by atoms with van der Waals surface area (Å²) in [6, 6.07) is 7.60. The van der Waals surface area contributed by atoms with E-state index in [-0.39, 0.29) is 16.0 Å². The van der Waals surface area contributed by atoms with Crippen LogP contribution in [0.15, 0.2) is 57.4 Å². The van der Waals surface area contributed by atoms with E-state index in [9.17, 15) is 18.0 Å². The summed E-state index contributed by atoms with van der Waals surface area (Å²) in [6.07, 6.45) is 0.910. The van der Waals surface area contributed by atoms with Gasteiger partial charge in [-0.25, -0.2) is 8.42 Å². The fourth-order valence-corrected chi connectivity index (χ4v) is 3.19. The highest BCUT2D eigenvalue weighted by molar-refractivity contribution is 7.96. The second kappa shape index (κ2) is 4.59. The summed E-state index contributed by atoms with van der Waals surface area (Å²) >= 11 is 0. The van der Waals surface area contributed by atoms with E-state index in [0.29, 0.717) is 0 Å². The van der Waals surface area contributed by atoms with E-state index in [1.165, 1.54) is 26.0 Å². The van der Waals surface area contributed by atoms with Gasteiger partial charge in [0.15, 0.2) is 5.78 Å². The van der Waals surface area contributed by atoms with Gasteiger partial charge < -0.3 is 0 Å². The van der Waals surface area contributed by atoms with E-state index < -0.39 is 26.3 Å². The molecule has 1 aromatic rings. The number of ketones is 2. The molecule has 1 aliphatic carbocycles. The zero-order chi connectivity index (χ0) is 14.2. The van der Waals surface area contributed by atoms with Gasteiger partial charge in [-0.1, -0.05) is 18.2 Å². The number of carbonyl (C=O) groups is 2. The summed E-state index contributed by atoms with van der Waals surface area (Å²) in [6.45, 7) is 2.97. The fraction of sp³-hybridized carbons (Fsp3) is 0.143. The third-order valence-corrected chi connectivity index (χ3v) is 4.88. The highest BCUT2D eigenvalue weighted by atomic mass is 32.2. The third kappa shape index (κ3) is 2.17. The number of hydrogen-bond acceptors (Lipinski definition) is 4. The van der Waals surface area contributed by atoms with Crippen LogP contribution in [-0.2, 0) is 19.4 Å². The highest BCUT2D eigenvalue weighted by Crippen LogP contribution is 2.27. The van der Waals surface area contributed by atoms with Crippen molar-refractivity contribution in [3.05, 3.63) is 52.5 Å². The second-order valence-corrected chi connectivity index (χ2v) is 6.19. The molecule has 0 bridgehead atoms. The smallest absolute Gasteiger partial charge is 0.210 e. The first-order chi connectivity index (χ1) is 8.85. The minimum Gasteiger partial charge on any atom is -0.290 e. The molecule has 2 rings (SSSR count). The van der Waals surface area contributed by atoms with Gasteiger partial charge in [0.2, 0.25) is 15.6 Å². The Hall–Kier alpha value is -2.01. The minimum absolute atomic E-state index is 0.00903. The standard InChI is InChI=1S/C14H12O4S/c1-9-10(2)14(16)13(8-12(9)15)19(17,18)11-6-4-3-5-7-11/h3-8H,1-2H3. The molecule has 0 aliphatic heterocycles. The van der Waals surface area contributed by atoms with Crippen LogP contribution in [-0.4, -0.2) is 20.0 Å². The van der Waals surface area contributed by atoms with Crippen LogP contribution in [0.5, 0.6) is 0 Å². The van der Waals surface area contributed by atoms with Crippen molar-refractivity contribution >= 4 is 21.4 Å². The van der Waals surface area contributed by atoms with Crippen molar-refractivity contribution in [1.29, 1.82) is 0 Å². The zero-order valence-electron chi connectivity index (χ0n) is 10.5. The molecular weight excluding hydrogens is 264 g/mol. The largest absolute Gasteiger partial charge is 0.290 e. The Morgan fingerprint density at radius 1 is 0.895 bits per heavy atom. The van der Waals surface area contributed by atoms with Crippen molar-refractivity contribution in [1.82, 2.24) is 0 Å². The van der Waals surface area contributed by atoms with Crippen molar-refractivity contribution in [2.75, 3.05) is 0 Å². The van der Waals surface area contributed by atoms with Crippen LogP contribution in [0.4, 0.5) is 0 Å². The van der Waals surface area contributed by atoms with Gasteiger partial charge in [-0.15, -0.1) is 0 Å². The molecule has 1 aliphatic rings. The molecule has 0 N–H and O–H groups in total. The molecule has 0 spiro atoms. The summed E-state index contributed by atoms with van der Waals surface area (Å²) in [5.74, 6) is -1.05. The first kappa shape index (κ1) is 13.4. The van der Waals surface area contributed by atoms with E-state index in [2.05, 4.69) is 0 Å². The molecule has 0 fully saturated rings. The van der Waals surface area contributed by atoms with Crippen LogP contribution < -0.4 is 0 Å². The average Bonchev–Trinajstić information content (AvgIpc) is 2.41. The number of carbonyl (C=O) groups excluding carboxylic acids is 2. The maximum Gasteiger partial charge on any atom is 0.210 e. The van der Waals surface area contributed by atoms with Crippen molar-refractivity contribution in [2.24, 2.45) is 0 Å². The van der Waals surface area contributed by atoms with Gasteiger partial charge in [0.1, 0.15) is 4.91 Å². The Kier molecular flexibility index (Phi) is 3.24. The Morgan fingerprint density at radius 3 is 2.05 bits per heavy atom. The van der Waals surface area contributed by atoms with Gasteiger partial charge >= 0.3 is 0 Å². The van der Waals surface area contributed by atoms with Gasteiger partial charge in [-0.2, -0.15) is 0 Å². The number of benzene rings is 1. The molecule has 0 saturated carbocycles. The van der Waals surface area contributed by atoms with E-state index in [4.69, 9.17) is 0 Å². The lowest BCUT2D eigenvalue weighted by atomic mass is 9.97. The summed E-state index contributed by atoms with van der Waals surface area (Å²) in [4.78, 5) is 23.3. The Balaban J connectivity index is 2.58.